The molecule has 0 aromatic rings. The highest BCUT2D eigenvalue weighted by atomic mass is 16.3. The average molecular weight is 386 g/mol. The van der Waals surface area contributed by atoms with Gasteiger partial charge in [-0.25, -0.2) is 0 Å². The van der Waals surface area contributed by atoms with Gasteiger partial charge in [0.1, 0.15) is 13.6 Å². The lowest BCUT2D eigenvalue weighted by atomic mass is 9.42. The molecule has 0 aromatic heterocycles. The fourth-order valence-electron chi connectivity index (χ4n) is 9.04. The van der Waals surface area contributed by atoms with Crippen LogP contribution in [0, 0.1) is 46.3 Å². The molecule has 158 valence electrons. The minimum atomic E-state index is -0.0794. The van der Waals surface area contributed by atoms with E-state index >= 15 is 0 Å². The predicted octanol–water partition coefficient (Wildman–Crippen LogP) is 5.04. The zero-order valence-electron chi connectivity index (χ0n) is 19.0. The first-order valence-corrected chi connectivity index (χ1v) is 12.3. The minimum Gasteiger partial charge on any atom is -0.393 e. The molecule has 0 bridgehead atoms. The molecule has 2 nitrogen and oxygen atoms in total. The first kappa shape index (κ1) is 20.9. The van der Waals surface area contributed by atoms with Crippen LogP contribution in [0.25, 0.3) is 0 Å². The smallest absolute Gasteiger partial charge is 0.129 e. The number of ketones is 1. The highest BCUT2D eigenvalue weighted by Crippen LogP contribution is 2.68. The van der Waals surface area contributed by atoms with Gasteiger partial charge in [-0.1, -0.05) is 39.4 Å². The topological polar surface area (TPSA) is 37.3 Å². The van der Waals surface area contributed by atoms with E-state index in [1.165, 1.54) is 44.9 Å². The fourth-order valence-corrected chi connectivity index (χ4v) is 9.04. The van der Waals surface area contributed by atoms with Crippen LogP contribution in [0.5, 0.6) is 0 Å². The maximum Gasteiger partial charge on any atom is 0.129 e. The fraction of sp³-hybridized carbons (Fsp3) is 0.960. The van der Waals surface area contributed by atoms with Gasteiger partial charge in [-0.3, -0.25) is 0 Å². The molecule has 0 radical (unpaired) electrons. The third-order valence-electron chi connectivity index (χ3n) is 10.7. The van der Waals surface area contributed by atoms with Crippen LogP contribution >= 0.6 is 0 Å². The third kappa shape index (κ3) is 3.23. The Morgan fingerprint density at radius 1 is 1.07 bits per heavy atom. The summed E-state index contributed by atoms with van der Waals surface area (Å²) < 4.78 is 0. The second-order valence-corrected chi connectivity index (χ2v) is 12.1. The van der Waals surface area contributed by atoms with Crippen molar-refractivity contribution in [2.24, 2.45) is 46.3 Å². The van der Waals surface area contributed by atoms with Crippen molar-refractivity contribution in [3.8, 4) is 0 Å². The van der Waals surface area contributed by atoms with Gasteiger partial charge in [-0.15, -0.1) is 0 Å². The Kier molecular flexibility index (Phi) is 5.56. The number of carbonyl (C=O) groups is 1. The normalized spacial score (nSPS) is 51.7. The van der Waals surface area contributed by atoms with Crippen LogP contribution in [0.1, 0.15) is 91.9 Å². The molecule has 4 aliphatic carbocycles. The average Bonchev–Trinajstić information content (AvgIpc) is 2.98. The summed E-state index contributed by atoms with van der Waals surface area (Å²) in [4.78, 5) is 11.5. The number of aliphatic hydroxyl groups excluding tert-OH is 1. The molecule has 1 unspecified atom stereocenters. The number of carbonyl (C=O) groups excluding carboxylic acids is 1. The monoisotopic (exact) mass is 386 g/mol. The van der Waals surface area contributed by atoms with E-state index in [4.69, 9.17) is 0 Å². The standard InChI is InChI=1S/C25H43BO2/c1-15(5-6-16(2)27)19-7-8-20-23-21(10-12-25(19,20)4)24(3)11-9-18(26)13-17(24)14-22(23)28/h15,17-23,28H,5-14,26H2,1-4H3/t15-,17+,18-,19-,20+,21+,22?,23+,24+,25-/m1/s1. The van der Waals surface area contributed by atoms with E-state index in [-0.39, 0.29) is 6.10 Å². The molecule has 4 saturated carbocycles. The van der Waals surface area contributed by atoms with Crippen LogP contribution in [0.4, 0.5) is 0 Å². The van der Waals surface area contributed by atoms with Crippen molar-refractivity contribution >= 4 is 13.6 Å². The van der Waals surface area contributed by atoms with Crippen molar-refractivity contribution in [1.82, 2.24) is 0 Å². The molecule has 0 heterocycles. The van der Waals surface area contributed by atoms with Gasteiger partial charge in [0.05, 0.1) is 6.10 Å². The minimum absolute atomic E-state index is 0.0794. The Balaban J connectivity index is 1.55. The van der Waals surface area contributed by atoms with Crippen molar-refractivity contribution in [2.45, 2.75) is 104 Å². The summed E-state index contributed by atoms with van der Waals surface area (Å²) in [5.74, 6) is 5.25. The molecule has 0 saturated heterocycles. The van der Waals surface area contributed by atoms with Gasteiger partial charge in [-0.2, -0.15) is 0 Å². The lowest BCUT2D eigenvalue weighted by Crippen LogP contribution is -2.58. The molecule has 0 spiro atoms. The summed E-state index contributed by atoms with van der Waals surface area (Å²) >= 11 is 0. The number of fused-ring (bicyclic) bond motifs is 5. The Hall–Kier alpha value is -0.305. The quantitative estimate of drug-likeness (QED) is 0.687. The number of hydrogen-bond donors (Lipinski definition) is 1. The molecule has 0 aromatic carbocycles. The third-order valence-corrected chi connectivity index (χ3v) is 10.7. The number of hydrogen-bond acceptors (Lipinski definition) is 2. The van der Waals surface area contributed by atoms with Crippen molar-refractivity contribution in [3.63, 3.8) is 0 Å². The molecule has 0 aliphatic heterocycles. The van der Waals surface area contributed by atoms with E-state index < -0.39 is 0 Å². The zero-order chi connectivity index (χ0) is 20.3. The number of Topliss-reactive ketones (excluding diaryl/α,β-unsaturated/α-hetero) is 1. The van der Waals surface area contributed by atoms with Gasteiger partial charge in [0.2, 0.25) is 0 Å². The zero-order valence-corrected chi connectivity index (χ0v) is 19.0. The van der Waals surface area contributed by atoms with Crippen molar-refractivity contribution in [1.29, 1.82) is 0 Å². The highest BCUT2D eigenvalue weighted by molar-refractivity contribution is 6.11. The van der Waals surface area contributed by atoms with Crippen LogP contribution in [-0.4, -0.2) is 24.8 Å². The summed E-state index contributed by atoms with van der Waals surface area (Å²) in [7, 11) is 2.42. The van der Waals surface area contributed by atoms with Gasteiger partial charge in [0, 0.05) is 6.42 Å². The predicted molar refractivity (Wildman–Crippen MR) is 118 cm³/mol. The molecular formula is C25H43BO2. The van der Waals surface area contributed by atoms with Crippen LogP contribution in [0.15, 0.2) is 0 Å². The first-order valence-electron chi connectivity index (χ1n) is 12.3. The molecule has 4 rings (SSSR count). The van der Waals surface area contributed by atoms with Gasteiger partial charge in [0.25, 0.3) is 0 Å². The SMILES string of the molecule is B[C@@H]1CC[C@@]2(C)[C@H](CC(O)[C@@H]3[C@@H]2CC[C@]2(C)[C@@H]([C@H](C)CCC(C)=O)CC[C@@H]32)C1. The number of rotatable bonds is 4. The van der Waals surface area contributed by atoms with Crippen LogP contribution in [-0.2, 0) is 4.79 Å². The van der Waals surface area contributed by atoms with Gasteiger partial charge in [-0.05, 0) is 98.2 Å². The summed E-state index contributed by atoms with van der Waals surface area (Å²) in [6.45, 7) is 9.28. The van der Waals surface area contributed by atoms with Crippen LogP contribution in [0.2, 0.25) is 5.82 Å². The molecule has 10 atom stereocenters. The molecule has 0 amide bonds. The van der Waals surface area contributed by atoms with E-state index in [2.05, 4.69) is 28.6 Å². The first-order chi connectivity index (χ1) is 13.2. The number of aliphatic hydroxyl groups is 1. The molecule has 1 N–H and O–H groups in total. The van der Waals surface area contributed by atoms with Crippen molar-refractivity contribution in [3.05, 3.63) is 0 Å². The molecule has 4 aliphatic rings. The van der Waals surface area contributed by atoms with Gasteiger partial charge in [0.15, 0.2) is 0 Å². The molecule has 4 fully saturated rings. The Labute approximate surface area is 174 Å². The molecule has 28 heavy (non-hydrogen) atoms. The Bertz CT molecular complexity index is 605. The second kappa shape index (κ2) is 7.43. The summed E-state index contributed by atoms with van der Waals surface area (Å²) in [5.41, 5.74) is 0.847. The second-order valence-electron chi connectivity index (χ2n) is 12.1. The van der Waals surface area contributed by atoms with E-state index in [0.717, 1.165) is 42.8 Å². The van der Waals surface area contributed by atoms with E-state index in [0.29, 0.717) is 34.4 Å². The van der Waals surface area contributed by atoms with E-state index in [1.807, 2.05) is 0 Å². The Morgan fingerprint density at radius 2 is 1.75 bits per heavy atom. The maximum atomic E-state index is 11.5. The Morgan fingerprint density at radius 3 is 2.46 bits per heavy atom. The summed E-state index contributed by atoms with van der Waals surface area (Å²) in [6, 6.07) is 0. The maximum absolute atomic E-state index is 11.5. The van der Waals surface area contributed by atoms with Crippen LogP contribution < -0.4 is 0 Å². The summed E-state index contributed by atoms with van der Waals surface area (Å²) in [5, 5.41) is 11.4. The van der Waals surface area contributed by atoms with Crippen molar-refractivity contribution in [2.75, 3.05) is 0 Å². The highest BCUT2D eigenvalue weighted by Gasteiger charge is 2.62. The molecular weight excluding hydrogens is 343 g/mol. The van der Waals surface area contributed by atoms with Crippen molar-refractivity contribution < 1.29 is 9.90 Å². The summed E-state index contributed by atoms with van der Waals surface area (Å²) in [6.07, 6.45) is 12.2. The van der Waals surface area contributed by atoms with Gasteiger partial charge < -0.3 is 9.90 Å². The lowest BCUT2D eigenvalue weighted by molar-refractivity contribution is -0.164. The molecule has 3 heteroatoms. The van der Waals surface area contributed by atoms with E-state index in [1.54, 1.807) is 6.92 Å². The van der Waals surface area contributed by atoms with Gasteiger partial charge >= 0.3 is 0 Å². The van der Waals surface area contributed by atoms with E-state index in [9.17, 15) is 9.90 Å². The van der Waals surface area contributed by atoms with Crippen LogP contribution in [0.3, 0.4) is 0 Å². The largest absolute Gasteiger partial charge is 0.393 e. The lowest BCUT2D eigenvalue weighted by Gasteiger charge is -2.62.